The number of hydrogen-bond donors (Lipinski definition) is 2. The number of halogens is 1. The van der Waals surface area contributed by atoms with E-state index in [1.54, 1.807) is 26.0 Å². The maximum atomic E-state index is 13.5. The molecule has 1 amide bonds. The van der Waals surface area contributed by atoms with Crippen LogP contribution in [0.1, 0.15) is 87.2 Å². The Kier molecular flexibility index (Phi) is 9.51. The van der Waals surface area contributed by atoms with E-state index in [0.29, 0.717) is 49.6 Å². The van der Waals surface area contributed by atoms with Gasteiger partial charge in [-0.1, -0.05) is 36.7 Å². The maximum absolute atomic E-state index is 13.5. The first-order valence-electron chi connectivity index (χ1n) is 16.7. The summed E-state index contributed by atoms with van der Waals surface area (Å²) in [5.74, 6) is 0.629. The van der Waals surface area contributed by atoms with Crippen molar-refractivity contribution in [1.82, 2.24) is 4.72 Å². The Morgan fingerprint density at radius 2 is 2.00 bits per heavy atom. The molecule has 2 bridgehead atoms. The minimum atomic E-state index is -3.90. The summed E-state index contributed by atoms with van der Waals surface area (Å²) in [6, 6.07) is 11.5. The first-order valence-corrected chi connectivity index (χ1v) is 18.7. The van der Waals surface area contributed by atoms with Crippen molar-refractivity contribution in [2.45, 2.75) is 94.5 Å². The molecule has 8 nitrogen and oxygen atoms in total. The summed E-state index contributed by atoms with van der Waals surface area (Å²) in [6.45, 7) is 7.46. The second kappa shape index (κ2) is 13.1. The molecule has 250 valence electrons. The van der Waals surface area contributed by atoms with Crippen LogP contribution in [-0.2, 0) is 26.6 Å². The number of nitrogens with zero attached hydrogens (tertiary/aromatic N) is 1. The van der Waals surface area contributed by atoms with E-state index in [2.05, 4.69) is 27.8 Å². The van der Waals surface area contributed by atoms with Crippen LogP contribution in [0.2, 0.25) is 5.02 Å². The van der Waals surface area contributed by atoms with Crippen LogP contribution in [0.3, 0.4) is 0 Å². The molecule has 2 aliphatic carbocycles. The number of sulfonamides is 1. The number of carbonyl (C=O) groups is 1. The zero-order chi connectivity index (χ0) is 32.7. The number of aliphatic hydroxyl groups is 1. The molecule has 10 heteroatoms. The van der Waals surface area contributed by atoms with E-state index in [9.17, 15) is 18.3 Å². The predicted octanol–water partition coefficient (Wildman–Crippen LogP) is 6.18. The van der Waals surface area contributed by atoms with Crippen LogP contribution in [0.5, 0.6) is 5.75 Å². The van der Waals surface area contributed by atoms with Crippen molar-refractivity contribution in [3.63, 3.8) is 0 Å². The van der Waals surface area contributed by atoms with Crippen LogP contribution < -0.4 is 14.4 Å². The van der Waals surface area contributed by atoms with Gasteiger partial charge in [0.1, 0.15) is 5.75 Å². The third-order valence-electron chi connectivity index (χ3n) is 10.4. The summed E-state index contributed by atoms with van der Waals surface area (Å²) >= 11 is 6.43. The van der Waals surface area contributed by atoms with Gasteiger partial charge >= 0.3 is 0 Å². The number of rotatable bonds is 4. The van der Waals surface area contributed by atoms with Crippen LogP contribution in [0.4, 0.5) is 5.69 Å². The number of anilines is 1. The highest BCUT2D eigenvalue weighted by Crippen LogP contribution is 2.47. The van der Waals surface area contributed by atoms with Gasteiger partial charge in [-0.15, -0.1) is 0 Å². The summed E-state index contributed by atoms with van der Waals surface area (Å²) in [5, 5.41) is 10.5. The highest BCUT2D eigenvalue weighted by Gasteiger charge is 2.44. The van der Waals surface area contributed by atoms with Crippen LogP contribution in [0.25, 0.3) is 0 Å². The summed E-state index contributed by atoms with van der Waals surface area (Å²) in [6.07, 6.45) is 10.2. The van der Waals surface area contributed by atoms with Gasteiger partial charge in [-0.3, -0.25) is 4.79 Å². The van der Waals surface area contributed by atoms with Gasteiger partial charge in [0.05, 0.1) is 35.9 Å². The van der Waals surface area contributed by atoms with E-state index in [1.807, 2.05) is 25.1 Å². The normalized spacial score (nSPS) is 30.2. The molecule has 0 radical (unpaired) electrons. The molecule has 2 N–H and O–H groups in total. The zero-order valence-electron chi connectivity index (χ0n) is 27.1. The summed E-state index contributed by atoms with van der Waals surface area (Å²) in [7, 11) is -3.90. The fraction of sp³-hybridized carbons (Fsp3) is 0.583. The van der Waals surface area contributed by atoms with Crippen LogP contribution in [-0.4, -0.2) is 62.7 Å². The summed E-state index contributed by atoms with van der Waals surface area (Å²) < 4.78 is 42.0. The Balaban J connectivity index is 1.41. The molecule has 2 aromatic rings. The predicted molar refractivity (Wildman–Crippen MR) is 181 cm³/mol. The van der Waals surface area contributed by atoms with Gasteiger partial charge in [-0.2, -0.15) is 0 Å². The molecule has 4 aliphatic rings. The molecule has 0 unspecified atom stereocenters. The number of benzene rings is 2. The molecular formula is C36H47ClN2O6S. The van der Waals surface area contributed by atoms with Crippen molar-refractivity contribution in [1.29, 1.82) is 0 Å². The average Bonchev–Trinajstić information content (AvgIpc) is 3.13. The number of hydrogen-bond acceptors (Lipinski definition) is 7. The first-order chi connectivity index (χ1) is 21.9. The lowest BCUT2D eigenvalue weighted by molar-refractivity contribution is -0.0771. The fourth-order valence-corrected chi connectivity index (χ4v) is 9.40. The van der Waals surface area contributed by atoms with Gasteiger partial charge in [-0.05, 0) is 119 Å². The highest BCUT2D eigenvalue weighted by molar-refractivity contribution is 7.90. The van der Waals surface area contributed by atoms with Gasteiger partial charge in [0, 0.05) is 29.1 Å². The van der Waals surface area contributed by atoms with E-state index >= 15 is 0 Å². The lowest BCUT2D eigenvalue weighted by Gasteiger charge is -2.46. The topological polar surface area (TPSA) is 105 Å². The molecule has 2 aromatic carbocycles. The van der Waals surface area contributed by atoms with Crippen molar-refractivity contribution in [3.8, 4) is 5.75 Å². The SMILES string of the molecule is CC[C@@H]1CC/C=C/[C@H](OCC(C)(C)O)[C@@H]2CC[C@H]2CN2C[C@@]3(CCCc4cc(Cl)ccc43)COc3ccc(cc32)C(=O)NS1(=O)=O. The third-order valence-corrected chi connectivity index (χ3v) is 12.5. The second-order valence-electron chi connectivity index (χ2n) is 14.4. The number of carbonyl (C=O) groups excluding carboxylic acids is 1. The van der Waals surface area contributed by atoms with Crippen LogP contribution >= 0.6 is 11.6 Å². The molecule has 6 rings (SSSR count). The van der Waals surface area contributed by atoms with Crippen molar-refractivity contribution in [2.75, 3.05) is 31.2 Å². The lowest BCUT2D eigenvalue weighted by Crippen LogP contribution is -2.50. The lowest BCUT2D eigenvalue weighted by atomic mass is 9.68. The average molecular weight is 671 g/mol. The van der Waals surface area contributed by atoms with Gasteiger partial charge < -0.3 is 19.5 Å². The number of fused-ring (bicyclic) bond motifs is 4. The molecule has 0 aromatic heterocycles. The molecule has 1 saturated carbocycles. The van der Waals surface area contributed by atoms with Gasteiger partial charge in [0.2, 0.25) is 10.0 Å². The molecule has 1 spiro atoms. The van der Waals surface area contributed by atoms with E-state index in [0.717, 1.165) is 49.4 Å². The Labute approximate surface area is 278 Å². The zero-order valence-corrected chi connectivity index (χ0v) is 28.7. The number of amides is 1. The Morgan fingerprint density at radius 1 is 1.17 bits per heavy atom. The quantitative estimate of drug-likeness (QED) is 0.374. The number of allylic oxidation sites excluding steroid dienone is 1. The number of ether oxygens (including phenoxy) is 2. The summed E-state index contributed by atoms with van der Waals surface area (Å²) in [4.78, 5) is 15.8. The minimum absolute atomic E-state index is 0.199. The van der Waals surface area contributed by atoms with E-state index in [-0.39, 0.29) is 24.0 Å². The molecule has 46 heavy (non-hydrogen) atoms. The van der Waals surface area contributed by atoms with Crippen LogP contribution in [0, 0.1) is 11.8 Å². The summed E-state index contributed by atoms with van der Waals surface area (Å²) in [5.41, 5.74) is 2.37. The highest BCUT2D eigenvalue weighted by atomic mass is 35.5. The molecule has 2 aliphatic heterocycles. The molecular weight excluding hydrogens is 624 g/mol. The Morgan fingerprint density at radius 3 is 2.74 bits per heavy atom. The van der Waals surface area contributed by atoms with Gasteiger partial charge in [0.25, 0.3) is 5.91 Å². The molecule has 0 saturated heterocycles. The second-order valence-corrected chi connectivity index (χ2v) is 16.8. The van der Waals surface area contributed by atoms with E-state index in [1.165, 1.54) is 11.1 Å². The van der Waals surface area contributed by atoms with E-state index in [4.69, 9.17) is 21.1 Å². The maximum Gasteiger partial charge on any atom is 0.264 e. The largest absolute Gasteiger partial charge is 0.490 e. The first kappa shape index (κ1) is 33.3. The minimum Gasteiger partial charge on any atom is -0.490 e. The van der Waals surface area contributed by atoms with Crippen molar-refractivity contribution in [2.24, 2.45) is 11.8 Å². The molecule has 2 heterocycles. The van der Waals surface area contributed by atoms with Crippen molar-refractivity contribution in [3.05, 3.63) is 70.3 Å². The monoisotopic (exact) mass is 670 g/mol. The van der Waals surface area contributed by atoms with Crippen LogP contribution in [0.15, 0.2) is 48.6 Å². The van der Waals surface area contributed by atoms with Crippen molar-refractivity contribution >= 4 is 33.2 Å². The van der Waals surface area contributed by atoms with Crippen molar-refractivity contribution < 1.29 is 27.8 Å². The fourth-order valence-electron chi connectivity index (χ4n) is 7.78. The van der Waals surface area contributed by atoms with Gasteiger partial charge in [-0.25, -0.2) is 13.1 Å². The molecule has 5 atom stereocenters. The Bertz CT molecular complexity index is 1590. The van der Waals surface area contributed by atoms with E-state index < -0.39 is 26.8 Å². The van der Waals surface area contributed by atoms with Gasteiger partial charge in [0.15, 0.2) is 0 Å². The standard InChI is InChI=1S/C36H47ClN2O6S/c1-4-28-9-5-6-10-32(44-22-35(2,3)41)29-14-11-26(29)20-39-21-36(17-7-8-24-18-27(37)13-15-30(24)36)23-45-33-16-12-25(19-31(33)39)34(40)38-46(28,42)43/h6,10,12-13,15-16,18-19,26,28-29,32,41H,4-5,7-9,11,14,17,20-23H2,1-3H3,(H,38,40)/b10-6+/t26-,28+,29+,32-,36-/m0/s1. The Hall–Kier alpha value is -2.59. The number of aryl methyl sites for hydroxylation is 1. The smallest absolute Gasteiger partial charge is 0.264 e. The third kappa shape index (κ3) is 6.98. The number of nitrogens with one attached hydrogen (secondary N) is 1. The molecule has 1 fully saturated rings.